The second-order valence-electron chi connectivity index (χ2n) is 3.96. The van der Waals surface area contributed by atoms with E-state index >= 15 is 0 Å². The maximum atomic E-state index is 9.60. The average Bonchev–Trinajstić information content (AvgIpc) is 2.08. The standard InChI is InChI=1S/C8H18N2O/c1-7(9)5-10-4-3-8(2,11)6-10/h7,11H,3-6,9H2,1-2H3. The molecule has 0 aromatic carbocycles. The number of nitrogens with two attached hydrogens (primary N) is 1. The molecule has 3 heteroatoms. The Balaban J connectivity index is 2.31. The van der Waals surface area contributed by atoms with E-state index in [1.807, 2.05) is 13.8 Å². The summed E-state index contributed by atoms with van der Waals surface area (Å²) in [5.74, 6) is 0. The lowest BCUT2D eigenvalue weighted by atomic mass is 10.1. The zero-order valence-corrected chi connectivity index (χ0v) is 7.38. The molecule has 2 atom stereocenters. The normalized spacial score (nSPS) is 36.0. The summed E-state index contributed by atoms with van der Waals surface area (Å²) in [5.41, 5.74) is 5.16. The molecule has 0 aliphatic carbocycles. The Morgan fingerprint density at radius 2 is 2.36 bits per heavy atom. The Bertz CT molecular complexity index is 134. The lowest BCUT2D eigenvalue weighted by Crippen LogP contribution is -2.36. The highest BCUT2D eigenvalue weighted by Crippen LogP contribution is 2.19. The lowest BCUT2D eigenvalue weighted by Gasteiger charge is -2.20. The third-order valence-electron chi connectivity index (χ3n) is 2.08. The van der Waals surface area contributed by atoms with Crippen LogP contribution < -0.4 is 5.73 Å². The minimum absolute atomic E-state index is 0.212. The van der Waals surface area contributed by atoms with Crippen LogP contribution in [0.1, 0.15) is 20.3 Å². The molecule has 0 radical (unpaired) electrons. The summed E-state index contributed by atoms with van der Waals surface area (Å²) in [6, 6.07) is 0.212. The second-order valence-corrected chi connectivity index (χ2v) is 3.96. The van der Waals surface area contributed by atoms with Crippen molar-refractivity contribution in [3.05, 3.63) is 0 Å². The maximum Gasteiger partial charge on any atom is 0.0758 e. The van der Waals surface area contributed by atoms with Gasteiger partial charge in [0, 0.05) is 25.7 Å². The van der Waals surface area contributed by atoms with Gasteiger partial charge < -0.3 is 10.8 Å². The Labute approximate surface area is 68.2 Å². The number of hydrogen-bond acceptors (Lipinski definition) is 3. The molecule has 0 amide bonds. The minimum atomic E-state index is -0.477. The van der Waals surface area contributed by atoms with Crippen LogP contribution in [0.25, 0.3) is 0 Å². The van der Waals surface area contributed by atoms with Crippen molar-refractivity contribution in [3.63, 3.8) is 0 Å². The third-order valence-corrected chi connectivity index (χ3v) is 2.08. The van der Waals surface area contributed by atoms with Gasteiger partial charge in [-0.2, -0.15) is 0 Å². The third kappa shape index (κ3) is 2.77. The first-order valence-electron chi connectivity index (χ1n) is 4.20. The van der Waals surface area contributed by atoms with Crippen molar-refractivity contribution < 1.29 is 5.11 Å². The number of β-amino-alcohol motifs (C(OH)–C–C–N with tert-alkyl or cyclic N) is 1. The Morgan fingerprint density at radius 3 is 2.73 bits per heavy atom. The minimum Gasteiger partial charge on any atom is -0.389 e. The van der Waals surface area contributed by atoms with E-state index in [0.29, 0.717) is 0 Å². The molecule has 3 N–H and O–H groups in total. The van der Waals surface area contributed by atoms with Crippen LogP contribution in [0, 0.1) is 0 Å². The van der Waals surface area contributed by atoms with E-state index < -0.39 is 5.60 Å². The van der Waals surface area contributed by atoms with Gasteiger partial charge in [-0.25, -0.2) is 0 Å². The molecule has 2 unspecified atom stereocenters. The molecule has 0 saturated carbocycles. The van der Waals surface area contributed by atoms with Crippen LogP contribution in [0.15, 0.2) is 0 Å². The van der Waals surface area contributed by atoms with Gasteiger partial charge in [0.05, 0.1) is 5.60 Å². The first kappa shape index (κ1) is 8.97. The molecule has 0 aromatic rings. The Morgan fingerprint density at radius 1 is 1.73 bits per heavy atom. The summed E-state index contributed by atoms with van der Waals surface area (Å²) in [5, 5.41) is 9.60. The molecule has 1 aliphatic heterocycles. The summed E-state index contributed by atoms with van der Waals surface area (Å²) in [7, 11) is 0. The quantitative estimate of drug-likeness (QED) is 0.584. The summed E-state index contributed by atoms with van der Waals surface area (Å²) >= 11 is 0. The van der Waals surface area contributed by atoms with Gasteiger partial charge in [0.1, 0.15) is 0 Å². The van der Waals surface area contributed by atoms with Crippen molar-refractivity contribution in [2.75, 3.05) is 19.6 Å². The number of likely N-dealkylation sites (tertiary alicyclic amines) is 1. The summed E-state index contributed by atoms with van der Waals surface area (Å²) in [6.45, 7) is 6.53. The average molecular weight is 158 g/mol. The SMILES string of the molecule is CC(N)CN1CCC(C)(O)C1. The van der Waals surface area contributed by atoms with Gasteiger partial charge in [0.2, 0.25) is 0 Å². The van der Waals surface area contributed by atoms with Crippen molar-refractivity contribution in [2.24, 2.45) is 5.73 Å². The fourth-order valence-electron chi connectivity index (χ4n) is 1.60. The molecule has 11 heavy (non-hydrogen) atoms. The van der Waals surface area contributed by atoms with Gasteiger partial charge >= 0.3 is 0 Å². The van der Waals surface area contributed by atoms with Crippen molar-refractivity contribution >= 4 is 0 Å². The van der Waals surface area contributed by atoms with Gasteiger partial charge in [0.15, 0.2) is 0 Å². The molecule has 0 spiro atoms. The molecule has 0 aromatic heterocycles. The molecule has 1 aliphatic rings. The van der Waals surface area contributed by atoms with E-state index in [0.717, 1.165) is 26.1 Å². The number of hydrogen-bond donors (Lipinski definition) is 2. The molecule has 1 fully saturated rings. The van der Waals surface area contributed by atoms with E-state index in [1.54, 1.807) is 0 Å². The summed E-state index contributed by atoms with van der Waals surface area (Å²) in [6.07, 6.45) is 0.875. The van der Waals surface area contributed by atoms with Crippen molar-refractivity contribution in [2.45, 2.75) is 31.9 Å². The predicted octanol–water partition coefficient (Wildman–Crippen LogP) is -0.210. The molecule has 0 bridgehead atoms. The van der Waals surface area contributed by atoms with Crippen LogP contribution in [-0.2, 0) is 0 Å². The van der Waals surface area contributed by atoms with Crippen LogP contribution in [0.2, 0.25) is 0 Å². The predicted molar refractivity (Wildman–Crippen MR) is 45.3 cm³/mol. The van der Waals surface area contributed by atoms with E-state index in [1.165, 1.54) is 0 Å². The van der Waals surface area contributed by atoms with Crippen LogP contribution in [0.5, 0.6) is 0 Å². The molecule has 1 rings (SSSR count). The first-order chi connectivity index (χ1) is 4.99. The maximum absolute atomic E-state index is 9.60. The van der Waals surface area contributed by atoms with E-state index in [2.05, 4.69) is 4.90 Å². The monoisotopic (exact) mass is 158 g/mol. The van der Waals surface area contributed by atoms with Gasteiger partial charge in [0.25, 0.3) is 0 Å². The zero-order valence-electron chi connectivity index (χ0n) is 7.38. The molecule has 3 nitrogen and oxygen atoms in total. The molecule has 66 valence electrons. The lowest BCUT2D eigenvalue weighted by molar-refractivity contribution is 0.0683. The Hall–Kier alpha value is -0.120. The number of rotatable bonds is 2. The van der Waals surface area contributed by atoms with Gasteiger partial charge in [-0.3, -0.25) is 4.90 Å². The van der Waals surface area contributed by atoms with Gasteiger partial charge in [-0.1, -0.05) is 0 Å². The zero-order chi connectivity index (χ0) is 8.48. The molecular formula is C8H18N2O. The van der Waals surface area contributed by atoms with Crippen molar-refractivity contribution in [1.82, 2.24) is 4.90 Å². The number of nitrogens with zero attached hydrogens (tertiary/aromatic N) is 1. The highest BCUT2D eigenvalue weighted by Gasteiger charge is 2.31. The van der Waals surface area contributed by atoms with Gasteiger partial charge in [-0.05, 0) is 20.3 Å². The highest BCUT2D eigenvalue weighted by atomic mass is 16.3. The molecule has 1 heterocycles. The fraction of sp³-hybridized carbons (Fsp3) is 1.00. The fourth-order valence-corrected chi connectivity index (χ4v) is 1.60. The smallest absolute Gasteiger partial charge is 0.0758 e. The van der Waals surface area contributed by atoms with Crippen LogP contribution >= 0.6 is 0 Å². The van der Waals surface area contributed by atoms with Crippen LogP contribution in [-0.4, -0.2) is 41.3 Å². The number of aliphatic hydroxyl groups is 1. The van der Waals surface area contributed by atoms with Crippen LogP contribution in [0.4, 0.5) is 0 Å². The summed E-state index contributed by atoms with van der Waals surface area (Å²) in [4.78, 5) is 2.21. The Kier molecular flexibility index (Phi) is 2.52. The molecule has 1 saturated heterocycles. The van der Waals surface area contributed by atoms with Gasteiger partial charge in [-0.15, -0.1) is 0 Å². The highest BCUT2D eigenvalue weighted by molar-refractivity contribution is 4.86. The van der Waals surface area contributed by atoms with E-state index in [-0.39, 0.29) is 6.04 Å². The molecular weight excluding hydrogens is 140 g/mol. The van der Waals surface area contributed by atoms with Crippen molar-refractivity contribution in [1.29, 1.82) is 0 Å². The topological polar surface area (TPSA) is 49.5 Å². The van der Waals surface area contributed by atoms with Crippen molar-refractivity contribution in [3.8, 4) is 0 Å². The largest absolute Gasteiger partial charge is 0.389 e. The second kappa shape index (κ2) is 3.09. The summed E-state index contributed by atoms with van der Waals surface area (Å²) < 4.78 is 0. The van der Waals surface area contributed by atoms with E-state index in [9.17, 15) is 5.11 Å². The van der Waals surface area contributed by atoms with Crippen LogP contribution in [0.3, 0.4) is 0 Å². The van der Waals surface area contributed by atoms with E-state index in [4.69, 9.17) is 5.73 Å². The first-order valence-corrected chi connectivity index (χ1v) is 4.20.